The Kier molecular flexibility index (Phi) is 9.39. The Labute approximate surface area is 209 Å². The number of thioether (sulfide) groups is 1. The summed E-state index contributed by atoms with van der Waals surface area (Å²) < 4.78 is 0. The van der Waals surface area contributed by atoms with E-state index in [1.54, 1.807) is 23.9 Å². The van der Waals surface area contributed by atoms with Gasteiger partial charge in [0.15, 0.2) is 0 Å². The van der Waals surface area contributed by atoms with Gasteiger partial charge in [-0.05, 0) is 68.2 Å². The minimum Gasteiger partial charge on any atom is -0.508 e. The van der Waals surface area contributed by atoms with Gasteiger partial charge in [0.2, 0.25) is 17.7 Å². The topological polar surface area (TPSA) is 153 Å². The molecule has 192 valence electrons. The Bertz CT molecular complexity index is 927. The molecule has 0 bridgehead atoms. The number of nitrogens with zero attached hydrogens (tertiary/aromatic N) is 2. The van der Waals surface area contributed by atoms with Crippen molar-refractivity contribution in [2.45, 2.75) is 62.7 Å². The number of phenolic OH excluding ortho intramolecular Hbond substituents is 1. The third-order valence-electron chi connectivity index (χ3n) is 6.60. The van der Waals surface area contributed by atoms with Gasteiger partial charge in [0.25, 0.3) is 0 Å². The number of hydrogen-bond acceptors (Lipinski definition) is 7. The summed E-state index contributed by atoms with van der Waals surface area (Å²) in [6.45, 7) is 0.749. The zero-order valence-corrected chi connectivity index (χ0v) is 20.7. The molecule has 10 nitrogen and oxygen atoms in total. The summed E-state index contributed by atoms with van der Waals surface area (Å²) in [5.74, 6) is -1.42. The maximum Gasteiger partial charge on any atom is 0.326 e. The predicted molar refractivity (Wildman–Crippen MR) is 132 cm³/mol. The Morgan fingerprint density at radius 2 is 1.71 bits per heavy atom. The van der Waals surface area contributed by atoms with Crippen molar-refractivity contribution in [2.24, 2.45) is 5.73 Å². The molecule has 2 fully saturated rings. The van der Waals surface area contributed by atoms with Gasteiger partial charge in [-0.2, -0.15) is 11.8 Å². The number of carboxylic acids is 1. The average molecular weight is 507 g/mol. The van der Waals surface area contributed by atoms with E-state index in [0.717, 1.165) is 5.56 Å². The molecule has 3 rings (SSSR count). The second kappa shape index (κ2) is 12.3. The molecule has 2 saturated heterocycles. The molecule has 2 heterocycles. The fourth-order valence-corrected chi connectivity index (χ4v) is 5.19. The van der Waals surface area contributed by atoms with Gasteiger partial charge in [-0.25, -0.2) is 4.79 Å². The normalized spacial score (nSPS) is 21.5. The Morgan fingerprint density at radius 1 is 1.09 bits per heavy atom. The van der Waals surface area contributed by atoms with Crippen LogP contribution in [0.3, 0.4) is 0 Å². The molecule has 2 aliphatic heterocycles. The van der Waals surface area contributed by atoms with Crippen molar-refractivity contribution < 1.29 is 29.4 Å². The molecule has 4 atom stereocenters. The minimum atomic E-state index is -1.03. The highest BCUT2D eigenvalue weighted by molar-refractivity contribution is 7.98. The van der Waals surface area contributed by atoms with Gasteiger partial charge in [-0.1, -0.05) is 12.1 Å². The fraction of sp³-hybridized carbons (Fsp3) is 0.583. The van der Waals surface area contributed by atoms with Gasteiger partial charge in [0.05, 0.1) is 6.04 Å². The Balaban J connectivity index is 1.68. The van der Waals surface area contributed by atoms with Crippen LogP contribution in [0.2, 0.25) is 0 Å². The van der Waals surface area contributed by atoms with Crippen molar-refractivity contribution in [3.8, 4) is 5.75 Å². The lowest BCUT2D eigenvalue weighted by Crippen LogP contribution is -2.57. The molecule has 1 aromatic carbocycles. The summed E-state index contributed by atoms with van der Waals surface area (Å²) in [7, 11) is 0. The molecule has 0 saturated carbocycles. The zero-order valence-electron chi connectivity index (χ0n) is 19.9. The molecule has 35 heavy (non-hydrogen) atoms. The number of phenols is 1. The van der Waals surface area contributed by atoms with E-state index in [1.807, 2.05) is 6.26 Å². The van der Waals surface area contributed by atoms with Crippen LogP contribution < -0.4 is 11.1 Å². The highest BCUT2D eigenvalue weighted by atomic mass is 32.2. The van der Waals surface area contributed by atoms with E-state index in [9.17, 15) is 29.4 Å². The molecule has 5 N–H and O–H groups in total. The van der Waals surface area contributed by atoms with E-state index < -0.39 is 36.0 Å². The number of nitrogens with one attached hydrogen (secondary N) is 1. The van der Waals surface area contributed by atoms with E-state index in [4.69, 9.17) is 5.73 Å². The molecule has 1 aromatic rings. The number of nitrogens with two attached hydrogens (primary N) is 1. The number of aromatic hydroxyl groups is 1. The average Bonchev–Trinajstić information content (AvgIpc) is 3.52. The van der Waals surface area contributed by atoms with Crippen LogP contribution in [-0.4, -0.2) is 93.0 Å². The third kappa shape index (κ3) is 6.66. The SMILES string of the molecule is CSCCC(NC(=O)C(N)Cc1ccc(O)cc1)C(=O)N1CCCC1C(=O)N1CCCC1C(=O)O. The molecule has 2 aliphatic rings. The molecule has 11 heteroatoms. The van der Waals surface area contributed by atoms with Gasteiger partial charge in [0.1, 0.15) is 23.9 Å². The number of carbonyl (C=O) groups excluding carboxylic acids is 3. The van der Waals surface area contributed by atoms with Gasteiger partial charge in [-0.3, -0.25) is 14.4 Å². The molecule has 4 unspecified atom stereocenters. The largest absolute Gasteiger partial charge is 0.508 e. The first-order valence-electron chi connectivity index (χ1n) is 11.9. The highest BCUT2D eigenvalue weighted by Crippen LogP contribution is 2.26. The van der Waals surface area contributed by atoms with Gasteiger partial charge in [0, 0.05) is 13.1 Å². The van der Waals surface area contributed by atoms with Crippen molar-refractivity contribution in [3.63, 3.8) is 0 Å². The van der Waals surface area contributed by atoms with Crippen molar-refractivity contribution >= 4 is 35.5 Å². The van der Waals surface area contributed by atoms with Crippen LogP contribution in [0.1, 0.15) is 37.7 Å². The summed E-state index contributed by atoms with van der Waals surface area (Å²) in [5.41, 5.74) is 6.88. The maximum absolute atomic E-state index is 13.5. The van der Waals surface area contributed by atoms with Crippen LogP contribution in [0.4, 0.5) is 0 Å². The van der Waals surface area contributed by atoms with Crippen LogP contribution in [0.15, 0.2) is 24.3 Å². The van der Waals surface area contributed by atoms with E-state index >= 15 is 0 Å². The van der Waals surface area contributed by atoms with E-state index in [0.29, 0.717) is 50.9 Å². The first kappa shape index (κ1) is 26.8. The van der Waals surface area contributed by atoms with Crippen molar-refractivity contribution in [1.82, 2.24) is 15.1 Å². The van der Waals surface area contributed by atoms with Gasteiger partial charge >= 0.3 is 5.97 Å². The summed E-state index contributed by atoms with van der Waals surface area (Å²) in [4.78, 5) is 54.0. The first-order valence-corrected chi connectivity index (χ1v) is 13.3. The number of benzene rings is 1. The lowest BCUT2D eigenvalue weighted by molar-refractivity contribution is -0.152. The second-order valence-electron chi connectivity index (χ2n) is 9.04. The van der Waals surface area contributed by atoms with Gasteiger partial charge < -0.3 is 31.1 Å². The molecule has 0 radical (unpaired) electrons. The monoisotopic (exact) mass is 506 g/mol. The number of carboxylic acid groups (broad SMARTS) is 1. The Morgan fingerprint density at radius 3 is 2.34 bits per heavy atom. The van der Waals surface area contributed by atoms with E-state index in [-0.39, 0.29) is 24.0 Å². The molecular weight excluding hydrogens is 472 g/mol. The molecular formula is C24H34N4O6S. The molecule has 0 spiro atoms. The number of amides is 3. The Hall–Kier alpha value is -2.79. The first-order chi connectivity index (χ1) is 16.7. The highest BCUT2D eigenvalue weighted by Gasteiger charge is 2.43. The summed E-state index contributed by atoms with van der Waals surface area (Å²) in [6.07, 6.45) is 4.67. The molecule has 0 aromatic heterocycles. The van der Waals surface area contributed by atoms with Gasteiger partial charge in [-0.15, -0.1) is 0 Å². The van der Waals surface area contributed by atoms with Crippen LogP contribution in [0, 0.1) is 0 Å². The van der Waals surface area contributed by atoms with Crippen LogP contribution in [-0.2, 0) is 25.6 Å². The van der Waals surface area contributed by atoms with E-state index in [2.05, 4.69) is 5.32 Å². The standard InChI is InChI=1S/C24H34N4O6S/c1-35-13-10-18(26-21(30)17(25)14-15-6-8-16(29)9-7-15)22(31)27-11-2-4-19(27)23(32)28-12-3-5-20(28)24(33)34/h6-9,17-20,29H,2-5,10-14,25H2,1H3,(H,26,30)(H,33,34). The summed E-state index contributed by atoms with van der Waals surface area (Å²) in [6, 6.07) is 3.11. The lowest BCUT2D eigenvalue weighted by atomic mass is 10.0. The smallest absolute Gasteiger partial charge is 0.326 e. The van der Waals surface area contributed by atoms with E-state index in [1.165, 1.54) is 21.9 Å². The van der Waals surface area contributed by atoms with Crippen molar-refractivity contribution in [1.29, 1.82) is 0 Å². The summed E-state index contributed by atoms with van der Waals surface area (Å²) in [5, 5.41) is 21.7. The molecule has 0 aliphatic carbocycles. The minimum absolute atomic E-state index is 0.118. The number of hydrogen-bond donors (Lipinski definition) is 4. The fourth-order valence-electron chi connectivity index (χ4n) is 4.72. The number of rotatable bonds is 10. The molecule has 3 amide bonds. The van der Waals surface area contributed by atoms with Crippen LogP contribution >= 0.6 is 11.8 Å². The number of carbonyl (C=O) groups is 4. The van der Waals surface area contributed by atoms with Crippen LogP contribution in [0.5, 0.6) is 5.75 Å². The van der Waals surface area contributed by atoms with Crippen molar-refractivity contribution in [2.75, 3.05) is 25.1 Å². The lowest BCUT2D eigenvalue weighted by Gasteiger charge is -2.32. The maximum atomic E-state index is 13.5. The second-order valence-corrected chi connectivity index (χ2v) is 10.0. The summed E-state index contributed by atoms with van der Waals surface area (Å²) >= 11 is 1.54. The van der Waals surface area contributed by atoms with Crippen molar-refractivity contribution in [3.05, 3.63) is 29.8 Å². The third-order valence-corrected chi connectivity index (χ3v) is 7.24. The number of aliphatic carboxylic acids is 1. The zero-order chi connectivity index (χ0) is 25.5. The predicted octanol–water partition coefficient (Wildman–Crippen LogP) is 0.567. The van der Waals surface area contributed by atoms with Crippen LogP contribution in [0.25, 0.3) is 0 Å². The number of likely N-dealkylation sites (tertiary alicyclic amines) is 2. The quantitative estimate of drug-likeness (QED) is 0.359.